The fourth-order valence-corrected chi connectivity index (χ4v) is 2.48. The minimum Gasteiger partial charge on any atom is -0.385 e. The van der Waals surface area contributed by atoms with E-state index in [2.05, 4.69) is 5.32 Å². The van der Waals surface area contributed by atoms with Crippen LogP contribution in [0.3, 0.4) is 0 Å². The molecule has 0 saturated carbocycles. The molecule has 96 valence electrons. The lowest BCUT2D eigenvalue weighted by molar-refractivity contribution is -0.124. The Hall–Kier alpha value is -0.160. The van der Waals surface area contributed by atoms with Crippen molar-refractivity contribution in [3.8, 4) is 0 Å². The summed E-state index contributed by atoms with van der Waals surface area (Å²) in [6.45, 7) is 9.85. The molecule has 1 aliphatic rings. The van der Waals surface area contributed by atoms with Crippen molar-refractivity contribution in [1.82, 2.24) is 5.32 Å². The smallest absolute Gasteiger partial charge is 0.108 e. The molecule has 4 heteroatoms. The average Bonchev–Trinajstić information content (AvgIpc) is 2.25. The molecule has 0 amide bonds. The van der Waals surface area contributed by atoms with Crippen molar-refractivity contribution in [2.75, 3.05) is 26.8 Å². The van der Waals surface area contributed by atoms with Crippen LogP contribution in [0.1, 0.15) is 34.1 Å². The predicted molar refractivity (Wildman–Crippen MR) is 63.6 cm³/mol. The van der Waals surface area contributed by atoms with Gasteiger partial charge in [-0.05, 0) is 27.7 Å². The molecular formula is C12H25NO3. The van der Waals surface area contributed by atoms with Crippen LogP contribution in [0.25, 0.3) is 0 Å². The van der Waals surface area contributed by atoms with E-state index in [4.69, 9.17) is 9.47 Å². The Balaban J connectivity index is 2.55. The third-order valence-electron chi connectivity index (χ3n) is 3.27. The first-order valence-corrected chi connectivity index (χ1v) is 5.85. The minimum atomic E-state index is -0.815. The number of hydrogen-bond donors (Lipinski definition) is 2. The topological polar surface area (TPSA) is 50.7 Å². The minimum absolute atomic E-state index is 0.263. The first-order chi connectivity index (χ1) is 7.22. The molecule has 0 aromatic rings. The lowest BCUT2D eigenvalue weighted by atomic mass is 9.82. The summed E-state index contributed by atoms with van der Waals surface area (Å²) >= 11 is 0. The lowest BCUT2D eigenvalue weighted by Gasteiger charge is -2.35. The maximum Gasteiger partial charge on any atom is 0.108 e. The van der Waals surface area contributed by atoms with Gasteiger partial charge in [0.2, 0.25) is 0 Å². The molecule has 0 bridgehead atoms. The predicted octanol–water partition coefficient (Wildman–Crippen LogP) is 0.931. The second-order valence-electron chi connectivity index (χ2n) is 5.75. The van der Waals surface area contributed by atoms with Gasteiger partial charge in [-0.15, -0.1) is 0 Å². The van der Waals surface area contributed by atoms with Gasteiger partial charge in [-0.2, -0.15) is 0 Å². The van der Waals surface area contributed by atoms with Crippen LogP contribution in [0.5, 0.6) is 0 Å². The highest BCUT2D eigenvalue weighted by Gasteiger charge is 2.55. The van der Waals surface area contributed by atoms with Gasteiger partial charge in [-0.25, -0.2) is 0 Å². The summed E-state index contributed by atoms with van der Waals surface area (Å²) in [7, 11) is 1.67. The molecule has 1 unspecified atom stereocenters. The number of hydrogen-bond acceptors (Lipinski definition) is 4. The van der Waals surface area contributed by atoms with Crippen molar-refractivity contribution in [2.24, 2.45) is 0 Å². The molecule has 0 aliphatic carbocycles. The number of methoxy groups -OCH3 is 1. The molecule has 0 aromatic carbocycles. The van der Waals surface area contributed by atoms with Crippen molar-refractivity contribution in [3.63, 3.8) is 0 Å². The van der Waals surface area contributed by atoms with Crippen LogP contribution in [0, 0.1) is 0 Å². The second kappa shape index (κ2) is 4.61. The molecule has 4 nitrogen and oxygen atoms in total. The van der Waals surface area contributed by atoms with Gasteiger partial charge in [0, 0.05) is 26.6 Å². The summed E-state index contributed by atoms with van der Waals surface area (Å²) in [6, 6.07) is 0. The zero-order valence-corrected chi connectivity index (χ0v) is 11.1. The van der Waals surface area contributed by atoms with Gasteiger partial charge >= 0.3 is 0 Å². The van der Waals surface area contributed by atoms with Crippen LogP contribution in [-0.4, -0.2) is 48.7 Å². The monoisotopic (exact) mass is 231 g/mol. The highest BCUT2D eigenvalue weighted by atomic mass is 16.5. The van der Waals surface area contributed by atoms with Crippen LogP contribution < -0.4 is 5.32 Å². The summed E-state index contributed by atoms with van der Waals surface area (Å²) in [4.78, 5) is 0. The standard InChI is InChI=1S/C12H25NO3/c1-10(2)8-12(14,11(3,4)16-10)9-13-6-7-15-5/h13-14H,6-9H2,1-5H3. The molecule has 2 N–H and O–H groups in total. The van der Waals surface area contributed by atoms with E-state index in [1.54, 1.807) is 7.11 Å². The molecule has 0 aromatic heterocycles. The van der Waals surface area contributed by atoms with Crippen LogP contribution in [-0.2, 0) is 9.47 Å². The third kappa shape index (κ3) is 2.94. The highest BCUT2D eigenvalue weighted by molar-refractivity contribution is 5.07. The van der Waals surface area contributed by atoms with E-state index in [0.29, 0.717) is 19.6 Å². The number of rotatable bonds is 5. The van der Waals surface area contributed by atoms with Crippen molar-refractivity contribution in [3.05, 3.63) is 0 Å². The van der Waals surface area contributed by atoms with Gasteiger partial charge in [0.05, 0.1) is 17.8 Å². The Morgan fingerprint density at radius 2 is 1.94 bits per heavy atom. The molecule has 1 rings (SSSR count). The molecule has 1 atom stereocenters. The van der Waals surface area contributed by atoms with Crippen molar-refractivity contribution < 1.29 is 14.6 Å². The van der Waals surface area contributed by atoms with E-state index >= 15 is 0 Å². The first kappa shape index (κ1) is 13.9. The highest BCUT2D eigenvalue weighted by Crippen LogP contribution is 2.44. The molecule has 1 heterocycles. The Kier molecular flexibility index (Phi) is 4.00. The van der Waals surface area contributed by atoms with Crippen LogP contribution in [0.15, 0.2) is 0 Å². The van der Waals surface area contributed by atoms with E-state index in [1.165, 1.54) is 0 Å². The number of aliphatic hydroxyl groups is 1. The molecule has 0 radical (unpaired) electrons. The molecule has 1 aliphatic heterocycles. The van der Waals surface area contributed by atoms with E-state index < -0.39 is 11.2 Å². The Labute approximate surface area is 98.3 Å². The normalized spacial score (nSPS) is 31.9. The van der Waals surface area contributed by atoms with Crippen molar-refractivity contribution in [1.29, 1.82) is 0 Å². The maximum atomic E-state index is 10.6. The van der Waals surface area contributed by atoms with Crippen molar-refractivity contribution in [2.45, 2.75) is 50.9 Å². The second-order valence-corrected chi connectivity index (χ2v) is 5.75. The van der Waals surface area contributed by atoms with E-state index in [1.807, 2.05) is 27.7 Å². The Bertz CT molecular complexity index is 240. The van der Waals surface area contributed by atoms with Gasteiger partial charge in [0.1, 0.15) is 5.60 Å². The summed E-state index contributed by atoms with van der Waals surface area (Å²) < 4.78 is 10.8. The van der Waals surface area contributed by atoms with Gasteiger partial charge in [-0.1, -0.05) is 0 Å². The SMILES string of the molecule is COCCNCC1(O)CC(C)(C)OC1(C)C. The Morgan fingerprint density at radius 1 is 1.31 bits per heavy atom. The van der Waals surface area contributed by atoms with Gasteiger partial charge < -0.3 is 19.9 Å². The summed E-state index contributed by atoms with van der Waals surface area (Å²) in [6.07, 6.45) is 0.646. The van der Waals surface area contributed by atoms with Gasteiger partial charge in [0.15, 0.2) is 0 Å². The van der Waals surface area contributed by atoms with E-state index in [-0.39, 0.29) is 5.60 Å². The zero-order valence-electron chi connectivity index (χ0n) is 11.1. The summed E-state index contributed by atoms with van der Waals surface area (Å²) in [5.74, 6) is 0. The summed E-state index contributed by atoms with van der Waals surface area (Å²) in [5, 5.41) is 13.8. The first-order valence-electron chi connectivity index (χ1n) is 5.85. The number of nitrogens with one attached hydrogen (secondary N) is 1. The van der Waals surface area contributed by atoms with Crippen LogP contribution >= 0.6 is 0 Å². The molecular weight excluding hydrogens is 206 g/mol. The summed E-state index contributed by atoms with van der Waals surface area (Å²) in [5.41, 5.74) is -1.60. The largest absolute Gasteiger partial charge is 0.385 e. The number of ether oxygens (including phenoxy) is 2. The average molecular weight is 231 g/mol. The van der Waals surface area contributed by atoms with Crippen LogP contribution in [0.4, 0.5) is 0 Å². The van der Waals surface area contributed by atoms with Crippen LogP contribution in [0.2, 0.25) is 0 Å². The maximum absolute atomic E-state index is 10.6. The fraction of sp³-hybridized carbons (Fsp3) is 1.00. The van der Waals surface area contributed by atoms with Gasteiger partial charge in [0.25, 0.3) is 0 Å². The quantitative estimate of drug-likeness (QED) is 0.691. The molecule has 0 spiro atoms. The van der Waals surface area contributed by atoms with Gasteiger partial charge in [-0.3, -0.25) is 0 Å². The fourth-order valence-electron chi connectivity index (χ4n) is 2.48. The Morgan fingerprint density at radius 3 is 2.38 bits per heavy atom. The molecule has 1 fully saturated rings. The van der Waals surface area contributed by atoms with E-state index in [9.17, 15) is 5.11 Å². The van der Waals surface area contributed by atoms with E-state index in [0.717, 1.165) is 6.54 Å². The molecule has 1 saturated heterocycles. The molecule has 16 heavy (non-hydrogen) atoms. The zero-order chi connectivity index (χ0) is 12.4. The lowest BCUT2D eigenvalue weighted by Crippen LogP contribution is -2.53. The van der Waals surface area contributed by atoms with Crippen molar-refractivity contribution >= 4 is 0 Å². The third-order valence-corrected chi connectivity index (χ3v) is 3.27.